The van der Waals surface area contributed by atoms with Crippen molar-refractivity contribution in [2.75, 3.05) is 6.61 Å². The Kier molecular flexibility index (Phi) is 14.9. The van der Waals surface area contributed by atoms with E-state index in [0.717, 1.165) is 36.0 Å². The minimum absolute atomic E-state index is 0.0710. The third-order valence-electron chi connectivity index (χ3n) is 10.4. The van der Waals surface area contributed by atoms with Crippen LogP contribution in [-0.4, -0.2) is 12.6 Å². The molecule has 0 aromatic heterocycles. The van der Waals surface area contributed by atoms with Crippen LogP contribution in [0.1, 0.15) is 138 Å². The van der Waals surface area contributed by atoms with Gasteiger partial charge in [0, 0.05) is 6.42 Å². The third-order valence-corrected chi connectivity index (χ3v) is 10.4. The van der Waals surface area contributed by atoms with Gasteiger partial charge in [-0.1, -0.05) is 128 Å². The molecule has 0 N–H and O–H groups in total. The van der Waals surface area contributed by atoms with Gasteiger partial charge in [0.15, 0.2) is 0 Å². The summed E-state index contributed by atoms with van der Waals surface area (Å²) in [5.41, 5.74) is 3.30. The average Bonchev–Trinajstić information content (AvgIpc) is 3.85. The number of carbonyl (C=O) groups excluding carboxylic acids is 1. The molecule has 6 atom stereocenters. The molecule has 3 aliphatic rings. The molecular formula is C40H64O2. The van der Waals surface area contributed by atoms with Crippen LogP contribution in [0.25, 0.3) is 0 Å². The van der Waals surface area contributed by atoms with Crippen molar-refractivity contribution < 1.29 is 9.53 Å². The van der Waals surface area contributed by atoms with Crippen molar-refractivity contribution >= 4 is 5.97 Å². The summed E-state index contributed by atoms with van der Waals surface area (Å²) in [6, 6.07) is 0. The number of rotatable bonds is 20. The van der Waals surface area contributed by atoms with Crippen molar-refractivity contribution in [1.82, 2.24) is 0 Å². The normalized spacial score (nSPS) is 27.0. The van der Waals surface area contributed by atoms with Crippen LogP contribution in [0, 0.1) is 40.9 Å². The number of carbonyl (C=O) groups is 1. The zero-order valence-corrected chi connectivity index (χ0v) is 28.2. The first-order valence-electron chi connectivity index (χ1n) is 17.7. The molecule has 0 aromatic rings. The van der Waals surface area contributed by atoms with Crippen molar-refractivity contribution in [3.63, 3.8) is 0 Å². The van der Waals surface area contributed by atoms with Crippen LogP contribution in [0.5, 0.6) is 0 Å². The van der Waals surface area contributed by atoms with Gasteiger partial charge in [0.1, 0.15) is 6.61 Å². The van der Waals surface area contributed by atoms with E-state index in [2.05, 4.69) is 59.8 Å². The number of hydrogen-bond donors (Lipinski definition) is 0. The van der Waals surface area contributed by atoms with Crippen LogP contribution < -0.4 is 0 Å². The first-order valence-corrected chi connectivity index (χ1v) is 17.7. The molecular weight excluding hydrogens is 512 g/mol. The molecule has 2 nitrogen and oxygen atoms in total. The van der Waals surface area contributed by atoms with Crippen molar-refractivity contribution in [2.24, 2.45) is 40.9 Å². The molecule has 2 fully saturated rings. The zero-order valence-electron chi connectivity index (χ0n) is 28.2. The van der Waals surface area contributed by atoms with E-state index in [-0.39, 0.29) is 11.4 Å². The highest BCUT2D eigenvalue weighted by Gasteiger charge is 2.45. The van der Waals surface area contributed by atoms with E-state index < -0.39 is 0 Å². The lowest BCUT2D eigenvalue weighted by molar-refractivity contribution is -0.143. The van der Waals surface area contributed by atoms with Crippen molar-refractivity contribution in [3.8, 4) is 0 Å². The highest BCUT2D eigenvalue weighted by molar-refractivity contribution is 5.69. The highest BCUT2D eigenvalue weighted by Crippen LogP contribution is 2.55. The molecule has 0 aromatic carbocycles. The van der Waals surface area contributed by atoms with E-state index in [0.29, 0.717) is 18.9 Å². The van der Waals surface area contributed by atoms with Gasteiger partial charge < -0.3 is 4.74 Å². The van der Waals surface area contributed by atoms with Crippen molar-refractivity contribution in [3.05, 3.63) is 59.8 Å². The standard InChI is InChI=1S/C40H64O2/c1-7-8-14-22-34-28-36(34)30-37-29-35(37)26-31(2)19-17-20-32(3)27-39(41)42-25-16-13-11-9-10-12-15-23-38-33(4)21-18-24-40(38,5)6/h9-13,15-16,23,31-32,34-37H,7-8,14,17-22,24-30H2,1-6H3. The maximum absolute atomic E-state index is 12.2. The molecule has 236 valence electrons. The minimum Gasteiger partial charge on any atom is -0.461 e. The van der Waals surface area contributed by atoms with E-state index in [9.17, 15) is 4.79 Å². The lowest BCUT2D eigenvalue weighted by atomic mass is 9.73. The van der Waals surface area contributed by atoms with Crippen molar-refractivity contribution in [1.29, 1.82) is 0 Å². The van der Waals surface area contributed by atoms with E-state index in [1.54, 1.807) is 0 Å². The topological polar surface area (TPSA) is 26.3 Å². The van der Waals surface area contributed by atoms with Gasteiger partial charge >= 0.3 is 5.97 Å². The smallest absolute Gasteiger partial charge is 0.306 e. The van der Waals surface area contributed by atoms with Gasteiger partial charge in [0.25, 0.3) is 0 Å². The molecule has 0 bridgehead atoms. The Bertz CT molecular complexity index is 960. The molecule has 3 aliphatic carbocycles. The lowest BCUT2D eigenvalue weighted by Gasteiger charge is -2.32. The molecule has 0 saturated heterocycles. The summed E-state index contributed by atoms with van der Waals surface area (Å²) in [5.74, 6) is 5.38. The molecule has 2 heteroatoms. The van der Waals surface area contributed by atoms with E-state index in [1.165, 1.54) is 94.6 Å². The van der Waals surface area contributed by atoms with Crippen LogP contribution in [0.2, 0.25) is 0 Å². The fourth-order valence-corrected chi connectivity index (χ4v) is 7.47. The van der Waals surface area contributed by atoms with Gasteiger partial charge in [0.2, 0.25) is 0 Å². The number of unbranched alkanes of at least 4 members (excludes halogenated alkanes) is 2. The number of allylic oxidation sites excluding steroid dienone is 9. The van der Waals surface area contributed by atoms with Gasteiger partial charge in [-0.15, -0.1) is 0 Å². The Morgan fingerprint density at radius 2 is 1.60 bits per heavy atom. The summed E-state index contributed by atoms with van der Waals surface area (Å²) in [6.07, 6.45) is 36.1. The summed E-state index contributed by atoms with van der Waals surface area (Å²) in [7, 11) is 0. The minimum atomic E-state index is -0.0710. The van der Waals surface area contributed by atoms with E-state index >= 15 is 0 Å². The third kappa shape index (κ3) is 13.2. The lowest BCUT2D eigenvalue weighted by Crippen LogP contribution is -2.18. The summed E-state index contributed by atoms with van der Waals surface area (Å²) in [6.45, 7) is 14.3. The van der Waals surface area contributed by atoms with Crippen LogP contribution in [0.4, 0.5) is 0 Å². The molecule has 0 heterocycles. The van der Waals surface area contributed by atoms with Crippen LogP contribution in [0.15, 0.2) is 59.8 Å². The van der Waals surface area contributed by atoms with Crippen LogP contribution >= 0.6 is 0 Å². The quantitative estimate of drug-likeness (QED) is 0.0818. The average molecular weight is 577 g/mol. The fourth-order valence-electron chi connectivity index (χ4n) is 7.47. The molecule has 0 amide bonds. The first kappa shape index (κ1) is 34.7. The summed E-state index contributed by atoms with van der Waals surface area (Å²) in [4.78, 5) is 12.2. The highest BCUT2D eigenvalue weighted by atomic mass is 16.5. The zero-order chi connectivity index (χ0) is 30.4. The van der Waals surface area contributed by atoms with Gasteiger partial charge in [-0.25, -0.2) is 0 Å². The Morgan fingerprint density at radius 1 is 0.905 bits per heavy atom. The number of esters is 1. The maximum Gasteiger partial charge on any atom is 0.306 e. The predicted octanol–water partition coefficient (Wildman–Crippen LogP) is 11.7. The van der Waals surface area contributed by atoms with Crippen molar-refractivity contribution in [2.45, 2.75) is 138 Å². The van der Waals surface area contributed by atoms with E-state index in [4.69, 9.17) is 4.74 Å². The Labute approximate surface area is 260 Å². The molecule has 2 saturated carbocycles. The molecule has 42 heavy (non-hydrogen) atoms. The van der Waals surface area contributed by atoms with E-state index in [1.807, 2.05) is 30.4 Å². The predicted molar refractivity (Wildman–Crippen MR) is 181 cm³/mol. The summed E-state index contributed by atoms with van der Waals surface area (Å²) in [5, 5.41) is 0. The molecule has 3 rings (SSSR count). The van der Waals surface area contributed by atoms with Gasteiger partial charge in [-0.05, 0) is 104 Å². The summed E-state index contributed by atoms with van der Waals surface area (Å²) < 4.78 is 5.43. The Balaban J connectivity index is 1.17. The molecule has 0 radical (unpaired) electrons. The number of hydrogen-bond acceptors (Lipinski definition) is 2. The molecule has 0 aliphatic heterocycles. The monoisotopic (exact) mass is 576 g/mol. The Morgan fingerprint density at radius 3 is 2.36 bits per heavy atom. The van der Waals surface area contributed by atoms with Gasteiger partial charge in [-0.2, -0.15) is 0 Å². The molecule has 6 unspecified atom stereocenters. The second kappa shape index (κ2) is 18.1. The second-order valence-electron chi connectivity index (χ2n) is 15.0. The maximum atomic E-state index is 12.2. The SMILES string of the molecule is CCCCCC1CC1CC1CC1CC(C)CCCC(C)CC(=O)OCC=CC=CC=CC=CC1=C(C)CCCC1(C)C. The summed E-state index contributed by atoms with van der Waals surface area (Å²) >= 11 is 0. The fraction of sp³-hybridized carbons (Fsp3) is 0.725. The van der Waals surface area contributed by atoms with Crippen LogP contribution in [0.3, 0.4) is 0 Å². The van der Waals surface area contributed by atoms with Gasteiger partial charge in [0.05, 0.1) is 0 Å². The number of ether oxygens (including phenoxy) is 1. The first-order chi connectivity index (χ1) is 20.2. The van der Waals surface area contributed by atoms with Gasteiger partial charge in [-0.3, -0.25) is 4.79 Å². The largest absolute Gasteiger partial charge is 0.461 e. The molecule has 0 spiro atoms. The Hall–Kier alpha value is -1.83. The van der Waals surface area contributed by atoms with Crippen LogP contribution in [-0.2, 0) is 9.53 Å². The second-order valence-corrected chi connectivity index (χ2v) is 15.0.